The van der Waals surface area contributed by atoms with E-state index >= 15 is 0 Å². The van der Waals surface area contributed by atoms with Gasteiger partial charge in [-0.3, -0.25) is 9.69 Å². The van der Waals surface area contributed by atoms with Crippen LogP contribution in [0.2, 0.25) is 0 Å². The number of hydrogen-bond acceptors (Lipinski definition) is 4. The number of Topliss-reactive ketones (excluding diaryl/α,β-unsaturated/α-hetero) is 1. The molecule has 0 atom stereocenters. The van der Waals surface area contributed by atoms with Crippen LogP contribution in [0.3, 0.4) is 0 Å². The molecule has 0 unspecified atom stereocenters. The maximum atomic E-state index is 11.2. The molecule has 104 valence electrons. The van der Waals surface area contributed by atoms with Crippen LogP contribution >= 0.6 is 0 Å². The Kier molecular flexibility index (Phi) is 5.15. The van der Waals surface area contributed by atoms with Gasteiger partial charge in [0.2, 0.25) is 0 Å². The van der Waals surface area contributed by atoms with Gasteiger partial charge >= 0.3 is 0 Å². The second-order valence-electron chi connectivity index (χ2n) is 5.90. The lowest BCUT2D eigenvalue weighted by molar-refractivity contribution is -0.121. The minimum Gasteiger partial charge on any atom is -0.304 e. The Morgan fingerprint density at radius 1 is 1.17 bits per heavy atom. The fourth-order valence-electron chi connectivity index (χ4n) is 2.92. The summed E-state index contributed by atoms with van der Waals surface area (Å²) >= 11 is 0. The van der Waals surface area contributed by atoms with E-state index in [4.69, 9.17) is 0 Å². The Bertz CT molecular complexity index is 264. The van der Waals surface area contributed by atoms with Gasteiger partial charge in [-0.2, -0.15) is 0 Å². The van der Waals surface area contributed by atoms with Gasteiger partial charge < -0.3 is 9.80 Å². The first-order chi connectivity index (χ1) is 8.65. The van der Waals surface area contributed by atoms with E-state index in [-0.39, 0.29) is 0 Å². The maximum absolute atomic E-state index is 11.2. The highest BCUT2D eigenvalue weighted by molar-refractivity contribution is 5.79. The number of carbonyl (C=O) groups is 1. The predicted molar refractivity (Wildman–Crippen MR) is 73.8 cm³/mol. The van der Waals surface area contributed by atoms with Gasteiger partial charge in [-0.1, -0.05) is 0 Å². The third-order valence-corrected chi connectivity index (χ3v) is 4.50. The molecule has 2 fully saturated rings. The number of carbonyl (C=O) groups excluding carboxylic acids is 1. The van der Waals surface area contributed by atoms with E-state index in [1.165, 1.54) is 32.7 Å². The molecule has 1 heterocycles. The third-order valence-electron chi connectivity index (χ3n) is 4.50. The maximum Gasteiger partial charge on any atom is 0.133 e. The first kappa shape index (κ1) is 14.0. The zero-order valence-corrected chi connectivity index (χ0v) is 11.9. The van der Waals surface area contributed by atoms with E-state index in [0.717, 1.165) is 32.2 Å². The first-order valence-corrected chi connectivity index (χ1v) is 7.28. The van der Waals surface area contributed by atoms with E-state index in [0.29, 0.717) is 11.8 Å². The summed E-state index contributed by atoms with van der Waals surface area (Å²) in [6.07, 6.45) is 3.73. The summed E-state index contributed by atoms with van der Waals surface area (Å²) in [5, 5.41) is 0. The molecule has 0 aromatic heterocycles. The van der Waals surface area contributed by atoms with Crippen LogP contribution in [-0.4, -0.2) is 79.9 Å². The highest BCUT2D eigenvalue weighted by Crippen LogP contribution is 2.19. The van der Waals surface area contributed by atoms with Gasteiger partial charge in [0.05, 0.1) is 0 Å². The molecule has 0 N–H and O–H groups in total. The van der Waals surface area contributed by atoms with E-state index in [1.807, 2.05) is 0 Å². The SMILES string of the molecule is CN1CCN(CCN(C)C2CCC(=O)CC2)CC1. The topological polar surface area (TPSA) is 26.8 Å². The van der Waals surface area contributed by atoms with Crippen molar-refractivity contribution in [3.63, 3.8) is 0 Å². The van der Waals surface area contributed by atoms with Gasteiger partial charge in [0, 0.05) is 58.2 Å². The molecule has 0 spiro atoms. The monoisotopic (exact) mass is 253 g/mol. The van der Waals surface area contributed by atoms with Gasteiger partial charge in [-0.15, -0.1) is 0 Å². The Morgan fingerprint density at radius 3 is 2.39 bits per heavy atom. The smallest absolute Gasteiger partial charge is 0.133 e. The van der Waals surface area contributed by atoms with Crippen LogP contribution in [0, 0.1) is 0 Å². The van der Waals surface area contributed by atoms with Gasteiger partial charge in [0.1, 0.15) is 5.78 Å². The fourth-order valence-corrected chi connectivity index (χ4v) is 2.92. The van der Waals surface area contributed by atoms with Crippen molar-refractivity contribution in [3.05, 3.63) is 0 Å². The van der Waals surface area contributed by atoms with Crippen LogP contribution < -0.4 is 0 Å². The summed E-state index contributed by atoms with van der Waals surface area (Å²) in [6.45, 7) is 7.11. The summed E-state index contributed by atoms with van der Waals surface area (Å²) in [5.74, 6) is 0.457. The largest absolute Gasteiger partial charge is 0.304 e. The molecule has 0 bridgehead atoms. The zero-order chi connectivity index (χ0) is 13.0. The molecule has 2 rings (SSSR count). The molecule has 1 saturated heterocycles. The van der Waals surface area contributed by atoms with Gasteiger partial charge in [-0.05, 0) is 26.9 Å². The van der Waals surface area contributed by atoms with Gasteiger partial charge in [0.15, 0.2) is 0 Å². The lowest BCUT2D eigenvalue weighted by Gasteiger charge is -2.35. The lowest BCUT2D eigenvalue weighted by Crippen LogP contribution is -2.47. The summed E-state index contributed by atoms with van der Waals surface area (Å²) in [5.41, 5.74) is 0. The van der Waals surface area contributed by atoms with Crippen LogP contribution in [0.4, 0.5) is 0 Å². The Hall–Kier alpha value is -0.450. The third kappa shape index (κ3) is 4.04. The molecule has 4 nitrogen and oxygen atoms in total. The number of rotatable bonds is 4. The van der Waals surface area contributed by atoms with Crippen LogP contribution in [0.1, 0.15) is 25.7 Å². The van der Waals surface area contributed by atoms with Crippen LogP contribution in [0.5, 0.6) is 0 Å². The average molecular weight is 253 g/mol. The van der Waals surface area contributed by atoms with E-state index in [9.17, 15) is 4.79 Å². The minimum atomic E-state index is 0.457. The van der Waals surface area contributed by atoms with E-state index in [2.05, 4.69) is 28.8 Å². The number of hydrogen-bond donors (Lipinski definition) is 0. The molecule has 2 aliphatic rings. The van der Waals surface area contributed by atoms with Gasteiger partial charge in [0.25, 0.3) is 0 Å². The molecular formula is C14H27N3O. The van der Waals surface area contributed by atoms with Crippen molar-refractivity contribution in [2.75, 3.05) is 53.4 Å². The standard InChI is InChI=1S/C14H27N3O/c1-15-7-10-17(11-8-15)12-9-16(2)13-3-5-14(18)6-4-13/h13H,3-12H2,1-2H3. The summed E-state index contributed by atoms with van der Waals surface area (Å²) in [4.78, 5) is 18.7. The minimum absolute atomic E-state index is 0.457. The number of piperazine rings is 1. The van der Waals surface area contributed by atoms with Crippen LogP contribution in [0.15, 0.2) is 0 Å². The molecule has 1 aliphatic carbocycles. The molecule has 4 heteroatoms. The van der Waals surface area contributed by atoms with Crippen molar-refractivity contribution in [1.82, 2.24) is 14.7 Å². The zero-order valence-electron chi connectivity index (χ0n) is 11.9. The van der Waals surface area contributed by atoms with Crippen molar-refractivity contribution >= 4 is 5.78 Å². The summed E-state index contributed by atoms with van der Waals surface area (Å²) in [6, 6.07) is 0.634. The van der Waals surface area contributed by atoms with Crippen molar-refractivity contribution in [2.24, 2.45) is 0 Å². The molecule has 1 saturated carbocycles. The molecule has 18 heavy (non-hydrogen) atoms. The second kappa shape index (κ2) is 6.64. The first-order valence-electron chi connectivity index (χ1n) is 7.28. The lowest BCUT2D eigenvalue weighted by atomic mass is 9.93. The fraction of sp³-hybridized carbons (Fsp3) is 0.929. The Balaban J connectivity index is 1.65. The molecule has 0 amide bonds. The molecule has 0 radical (unpaired) electrons. The highest BCUT2D eigenvalue weighted by atomic mass is 16.1. The van der Waals surface area contributed by atoms with Crippen molar-refractivity contribution in [3.8, 4) is 0 Å². The summed E-state index contributed by atoms with van der Waals surface area (Å²) in [7, 11) is 4.42. The van der Waals surface area contributed by atoms with E-state index < -0.39 is 0 Å². The van der Waals surface area contributed by atoms with Crippen molar-refractivity contribution < 1.29 is 4.79 Å². The average Bonchev–Trinajstić information content (AvgIpc) is 2.38. The Morgan fingerprint density at radius 2 is 1.78 bits per heavy atom. The highest BCUT2D eigenvalue weighted by Gasteiger charge is 2.22. The van der Waals surface area contributed by atoms with Gasteiger partial charge in [-0.25, -0.2) is 0 Å². The molecule has 0 aromatic rings. The predicted octanol–water partition coefficient (Wildman–Crippen LogP) is 0.677. The molecule has 1 aliphatic heterocycles. The second-order valence-corrected chi connectivity index (χ2v) is 5.90. The van der Waals surface area contributed by atoms with E-state index in [1.54, 1.807) is 0 Å². The number of ketones is 1. The van der Waals surface area contributed by atoms with Crippen LogP contribution in [-0.2, 0) is 4.79 Å². The molecule has 0 aromatic carbocycles. The molecular weight excluding hydrogens is 226 g/mol. The van der Waals surface area contributed by atoms with Crippen molar-refractivity contribution in [2.45, 2.75) is 31.7 Å². The summed E-state index contributed by atoms with van der Waals surface area (Å²) < 4.78 is 0. The van der Waals surface area contributed by atoms with Crippen molar-refractivity contribution in [1.29, 1.82) is 0 Å². The normalized spacial score (nSPS) is 24.9. The quantitative estimate of drug-likeness (QED) is 0.736. The number of likely N-dealkylation sites (N-methyl/N-ethyl adjacent to an activating group) is 2. The number of nitrogens with zero attached hydrogens (tertiary/aromatic N) is 3. The van der Waals surface area contributed by atoms with Crippen LogP contribution in [0.25, 0.3) is 0 Å². The Labute approximate surface area is 111 Å².